The first kappa shape index (κ1) is 12.9. The van der Waals surface area contributed by atoms with Crippen LogP contribution in [0.5, 0.6) is 0 Å². The van der Waals surface area contributed by atoms with Crippen LogP contribution in [0.2, 0.25) is 0 Å². The number of anilines is 1. The fourth-order valence-corrected chi connectivity index (χ4v) is 3.14. The summed E-state index contributed by atoms with van der Waals surface area (Å²) in [4.78, 5) is 12.3. The lowest BCUT2D eigenvalue weighted by atomic mass is 10.0. The average molecular weight is 293 g/mol. The van der Waals surface area contributed by atoms with E-state index in [0.717, 1.165) is 0 Å². The van der Waals surface area contributed by atoms with Gasteiger partial charge in [0, 0.05) is 7.11 Å². The minimum absolute atomic E-state index is 0.178. The van der Waals surface area contributed by atoms with Crippen molar-refractivity contribution in [3.05, 3.63) is 12.7 Å². The molecule has 2 bridgehead atoms. The maximum Gasteiger partial charge on any atom is 0.167 e. The smallest absolute Gasteiger partial charge is 0.167 e. The highest BCUT2D eigenvalue weighted by Crippen LogP contribution is 2.46. The van der Waals surface area contributed by atoms with Gasteiger partial charge in [-0.2, -0.15) is 0 Å². The SMILES string of the molecule is CO[C@H]1[C@H]2OC[C@]1(CO)O[C@H]2n1cnc2c(N)ncnc21. The number of nitrogens with two attached hydrogens (primary N) is 1. The van der Waals surface area contributed by atoms with E-state index in [-0.39, 0.29) is 18.8 Å². The van der Waals surface area contributed by atoms with E-state index in [4.69, 9.17) is 19.9 Å². The molecule has 0 aliphatic carbocycles. The topological polar surface area (TPSA) is 118 Å². The molecule has 2 aliphatic rings. The van der Waals surface area contributed by atoms with Crippen LogP contribution in [0.4, 0.5) is 5.82 Å². The van der Waals surface area contributed by atoms with E-state index in [9.17, 15) is 5.11 Å². The average Bonchev–Trinajstić information content (AvgIpc) is 3.16. The molecular weight excluding hydrogens is 278 g/mol. The molecular formula is C12H15N5O4. The standard InChI is InChI=1S/C12H15N5O4/c1-19-8-7-11(21-12(8,2-18)3-20-7)17-5-16-6-9(13)14-4-15-10(6)17/h4-5,7-8,11,18H,2-3H2,1H3,(H2,13,14,15)/t7-,8+,11-,12+/m1/s1. The zero-order valence-electron chi connectivity index (χ0n) is 11.3. The lowest BCUT2D eigenvalue weighted by Crippen LogP contribution is -2.44. The molecule has 9 heteroatoms. The van der Waals surface area contributed by atoms with Crippen LogP contribution in [-0.4, -0.2) is 62.8 Å². The minimum Gasteiger partial charge on any atom is -0.393 e. The van der Waals surface area contributed by atoms with Crippen LogP contribution in [0.25, 0.3) is 11.2 Å². The lowest BCUT2D eigenvalue weighted by Gasteiger charge is -2.29. The van der Waals surface area contributed by atoms with Gasteiger partial charge < -0.3 is 25.1 Å². The Kier molecular flexibility index (Phi) is 2.67. The summed E-state index contributed by atoms with van der Waals surface area (Å²) in [5.74, 6) is 0.308. The van der Waals surface area contributed by atoms with Crippen molar-refractivity contribution in [1.82, 2.24) is 19.5 Å². The summed E-state index contributed by atoms with van der Waals surface area (Å²) in [7, 11) is 1.58. The molecule has 0 amide bonds. The summed E-state index contributed by atoms with van der Waals surface area (Å²) >= 11 is 0. The molecule has 0 aromatic carbocycles. The van der Waals surface area contributed by atoms with Crippen molar-refractivity contribution in [2.24, 2.45) is 0 Å². The van der Waals surface area contributed by atoms with Gasteiger partial charge in [-0.3, -0.25) is 4.57 Å². The number of imidazole rings is 1. The van der Waals surface area contributed by atoms with Crippen LogP contribution in [0.3, 0.4) is 0 Å². The van der Waals surface area contributed by atoms with Gasteiger partial charge in [-0.1, -0.05) is 0 Å². The Hall–Kier alpha value is -1.81. The predicted octanol–water partition coefficient (Wildman–Crippen LogP) is -0.918. The Morgan fingerprint density at radius 3 is 3.10 bits per heavy atom. The number of aliphatic hydroxyl groups excluding tert-OH is 1. The van der Waals surface area contributed by atoms with E-state index in [2.05, 4.69) is 15.0 Å². The minimum atomic E-state index is -0.848. The Balaban J connectivity index is 1.79. The molecule has 9 nitrogen and oxygen atoms in total. The maximum atomic E-state index is 9.66. The molecule has 0 radical (unpaired) electrons. The quantitative estimate of drug-likeness (QED) is 0.746. The van der Waals surface area contributed by atoms with Crippen molar-refractivity contribution in [1.29, 1.82) is 0 Å². The van der Waals surface area contributed by atoms with E-state index < -0.39 is 11.8 Å². The van der Waals surface area contributed by atoms with Gasteiger partial charge in [0.1, 0.15) is 29.7 Å². The lowest BCUT2D eigenvalue weighted by molar-refractivity contribution is -0.186. The number of fused-ring (bicyclic) bond motifs is 3. The molecule has 0 unspecified atom stereocenters. The summed E-state index contributed by atoms with van der Waals surface area (Å²) in [6, 6.07) is 0. The third-order valence-electron chi connectivity index (χ3n) is 4.16. The number of hydrogen-bond acceptors (Lipinski definition) is 8. The van der Waals surface area contributed by atoms with Crippen molar-refractivity contribution < 1.29 is 19.3 Å². The van der Waals surface area contributed by atoms with Crippen LogP contribution in [-0.2, 0) is 14.2 Å². The third-order valence-corrected chi connectivity index (χ3v) is 4.16. The van der Waals surface area contributed by atoms with Gasteiger partial charge in [0.2, 0.25) is 0 Å². The highest BCUT2D eigenvalue weighted by Gasteiger charge is 2.62. The molecule has 2 saturated heterocycles. The number of aliphatic hydroxyl groups is 1. The molecule has 4 atom stereocenters. The van der Waals surface area contributed by atoms with Gasteiger partial charge in [-0.15, -0.1) is 0 Å². The molecule has 4 heterocycles. The molecule has 4 rings (SSSR count). The van der Waals surface area contributed by atoms with E-state index in [1.165, 1.54) is 6.33 Å². The number of nitrogens with zero attached hydrogens (tertiary/aromatic N) is 4. The van der Waals surface area contributed by atoms with Crippen LogP contribution in [0, 0.1) is 0 Å². The molecule has 0 saturated carbocycles. The summed E-state index contributed by atoms with van der Waals surface area (Å²) < 4.78 is 18.9. The second kappa shape index (κ2) is 4.34. The largest absolute Gasteiger partial charge is 0.393 e. The van der Waals surface area contributed by atoms with Crippen LogP contribution in [0.15, 0.2) is 12.7 Å². The van der Waals surface area contributed by atoms with E-state index in [0.29, 0.717) is 23.6 Å². The van der Waals surface area contributed by atoms with Crippen molar-refractivity contribution in [2.45, 2.75) is 24.0 Å². The monoisotopic (exact) mass is 293 g/mol. The number of nitrogen functional groups attached to an aromatic ring is 1. The molecule has 2 aromatic rings. The first-order chi connectivity index (χ1) is 10.2. The van der Waals surface area contributed by atoms with Gasteiger partial charge in [-0.25, -0.2) is 15.0 Å². The number of hydrogen-bond donors (Lipinski definition) is 2. The normalized spacial score (nSPS) is 34.9. The zero-order chi connectivity index (χ0) is 14.6. The van der Waals surface area contributed by atoms with E-state index >= 15 is 0 Å². The molecule has 2 aromatic heterocycles. The van der Waals surface area contributed by atoms with Gasteiger partial charge in [0.05, 0.1) is 19.5 Å². The van der Waals surface area contributed by atoms with Crippen LogP contribution < -0.4 is 5.73 Å². The second-order valence-corrected chi connectivity index (χ2v) is 5.25. The number of rotatable bonds is 3. The van der Waals surface area contributed by atoms with Crippen molar-refractivity contribution in [2.75, 3.05) is 26.1 Å². The Morgan fingerprint density at radius 1 is 1.52 bits per heavy atom. The van der Waals surface area contributed by atoms with Crippen LogP contribution >= 0.6 is 0 Å². The summed E-state index contributed by atoms with van der Waals surface area (Å²) in [6.07, 6.45) is 1.80. The first-order valence-electron chi connectivity index (χ1n) is 6.56. The fraction of sp³-hybridized carbons (Fsp3) is 0.583. The molecule has 0 spiro atoms. The zero-order valence-corrected chi connectivity index (χ0v) is 11.3. The third kappa shape index (κ3) is 1.57. The van der Waals surface area contributed by atoms with Crippen molar-refractivity contribution >= 4 is 17.0 Å². The molecule has 21 heavy (non-hydrogen) atoms. The Morgan fingerprint density at radius 2 is 2.38 bits per heavy atom. The second-order valence-electron chi connectivity index (χ2n) is 5.25. The molecule has 3 N–H and O–H groups in total. The number of methoxy groups -OCH3 is 1. The van der Waals surface area contributed by atoms with Crippen molar-refractivity contribution in [3.8, 4) is 0 Å². The molecule has 2 fully saturated rings. The first-order valence-corrected chi connectivity index (χ1v) is 6.56. The summed E-state index contributed by atoms with van der Waals surface area (Å²) in [5, 5.41) is 9.66. The number of aromatic nitrogens is 4. The predicted molar refractivity (Wildman–Crippen MR) is 70.2 cm³/mol. The van der Waals surface area contributed by atoms with E-state index in [1.54, 1.807) is 18.0 Å². The van der Waals surface area contributed by atoms with Crippen molar-refractivity contribution in [3.63, 3.8) is 0 Å². The number of ether oxygens (including phenoxy) is 3. The highest BCUT2D eigenvalue weighted by molar-refractivity contribution is 5.81. The van der Waals surface area contributed by atoms with Crippen LogP contribution in [0.1, 0.15) is 6.23 Å². The fourth-order valence-electron chi connectivity index (χ4n) is 3.14. The molecule has 2 aliphatic heterocycles. The van der Waals surface area contributed by atoms with Gasteiger partial charge in [-0.05, 0) is 0 Å². The van der Waals surface area contributed by atoms with Gasteiger partial charge >= 0.3 is 0 Å². The summed E-state index contributed by atoms with van der Waals surface area (Å²) in [6.45, 7) is 0.120. The molecule has 112 valence electrons. The van der Waals surface area contributed by atoms with Gasteiger partial charge in [0.25, 0.3) is 0 Å². The Bertz CT molecular complexity index is 691. The highest BCUT2D eigenvalue weighted by atomic mass is 16.7. The summed E-state index contributed by atoms with van der Waals surface area (Å²) in [5.41, 5.74) is 6.01. The van der Waals surface area contributed by atoms with E-state index in [1.807, 2.05) is 0 Å². The van der Waals surface area contributed by atoms with Gasteiger partial charge in [0.15, 0.2) is 17.7 Å². The Labute approximate surface area is 119 Å². The maximum absolute atomic E-state index is 9.66.